The van der Waals surface area contributed by atoms with Crippen molar-refractivity contribution in [1.29, 1.82) is 0 Å². The summed E-state index contributed by atoms with van der Waals surface area (Å²) in [5.74, 6) is 0.0669. The van der Waals surface area contributed by atoms with Crippen LogP contribution in [0.15, 0.2) is 0 Å². The van der Waals surface area contributed by atoms with E-state index in [1.807, 2.05) is 0 Å². The topological polar surface area (TPSA) is 50.4 Å². The second-order valence-electron chi connectivity index (χ2n) is 3.23. The molecule has 4 heteroatoms. The fraction of sp³-hybridized carbons (Fsp3) is 0.900. The van der Waals surface area contributed by atoms with Gasteiger partial charge in [-0.2, -0.15) is 0 Å². The van der Waals surface area contributed by atoms with Gasteiger partial charge in [-0.3, -0.25) is 4.79 Å². The molecule has 1 amide bonds. The Balaban J connectivity index is 3.11. The highest BCUT2D eigenvalue weighted by atomic mass is 16.5. The third-order valence-electron chi connectivity index (χ3n) is 1.87. The van der Waals surface area contributed by atoms with Crippen LogP contribution in [0.25, 0.3) is 0 Å². The van der Waals surface area contributed by atoms with E-state index in [4.69, 9.17) is 4.74 Å². The van der Waals surface area contributed by atoms with Gasteiger partial charge >= 0.3 is 0 Å². The van der Waals surface area contributed by atoms with Crippen LogP contribution >= 0.6 is 0 Å². The van der Waals surface area contributed by atoms with E-state index in [1.165, 1.54) is 12.8 Å². The number of amides is 1. The van der Waals surface area contributed by atoms with Crippen LogP contribution in [0.5, 0.6) is 0 Å². The van der Waals surface area contributed by atoms with E-state index in [1.54, 1.807) is 7.11 Å². The van der Waals surface area contributed by atoms with Gasteiger partial charge in [-0.25, -0.2) is 0 Å². The van der Waals surface area contributed by atoms with Crippen molar-refractivity contribution in [3.05, 3.63) is 0 Å². The maximum atomic E-state index is 11.2. The number of hydrogen-bond acceptors (Lipinski definition) is 3. The number of nitrogens with one attached hydrogen (secondary N) is 2. The Kier molecular flexibility index (Phi) is 10.0. The average molecular weight is 202 g/mol. The molecule has 4 nitrogen and oxygen atoms in total. The monoisotopic (exact) mass is 202 g/mol. The van der Waals surface area contributed by atoms with Gasteiger partial charge in [-0.15, -0.1) is 0 Å². The van der Waals surface area contributed by atoms with Crippen molar-refractivity contribution in [2.45, 2.75) is 26.2 Å². The van der Waals surface area contributed by atoms with Gasteiger partial charge in [0.15, 0.2) is 0 Å². The van der Waals surface area contributed by atoms with Crippen LogP contribution < -0.4 is 10.6 Å². The second-order valence-corrected chi connectivity index (χ2v) is 3.23. The first kappa shape index (κ1) is 13.4. The highest BCUT2D eigenvalue weighted by molar-refractivity contribution is 5.77. The molecule has 0 aromatic rings. The SMILES string of the molecule is CCCCCNC(=O)CNCCOC. The molecule has 0 aromatic heterocycles. The lowest BCUT2D eigenvalue weighted by molar-refractivity contribution is -0.120. The number of ether oxygens (including phenoxy) is 1. The Morgan fingerprint density at radius 1 is 1.29 bits per heavy atom. The summed E-state index contributed by atoms with van der Waals surface area (Å²) in [6, 6.07) is 0. The predicted molar refractivity (Wildman–Crippen MR) is 57.3 cm³/mol. The Morgan fingerprint density at radius 2 is 2.07 bits per heavy atom. The largest absolute Gasteiger partial charge is 0.383 e. The van der Waals surface area contributed by atoms with E-state index in [0.29, 0.717) is 13.2 Å². The normalized spacial score (nSPS) is 10.1. The molecule has 0 heterocycles. The maximum Gasteiger partial charge on any atom is 0.233 e. The summed E-state index contributed by atoms with van der Waals surface area (Å²) in [6.45, 7) is 4.68. The standard InChI is InChI=1S/C10H22N2O2/c1-3-4-5-6-12-10(13)9-11-7-8-14-2/h11H,3-9H2,1-2H3,(H,12,13). The van der Waals surface area contributed by atoms with Crippen LogP contribution in [0.3, 0.4) is 0 Å². The first-order chi connectivity index (χ1) is 6.81. The number of carbonyl (C=O) groups is 1. The van der Waals surface area contributed by atoms with Crippen LogP contribution in [0.1, 0.15) is 26.2 Å². The van der Waals surface area contributed by atoms with Gasteiger partial charge in [0.2, 0.25) is 5.91 Å². The van der Waals surface area contributed by atoms with Crippen molar-refractivity contribution in [1.82, 2.24) is 10.6 Å². The lowest BCUT2D eigenvalue weighted by Gasteiger charge is -2.05. The molecular formula is C10H22N2O2. The van der Waals surface area contributed by atoms with Crippen LogP contribution in [0.4, 0.5) is 0 Å². The van der Waals surface area contributed by atoms with Crippen LogP contribution in [0, 0.1) is 0 Å². The summed E-state index contributed by atoms with van der Waals surface area (Å²) in [6.07, 6.45) is 3.43. The summed E-state index contributed by atoms with van der Waals surface area (Å²) in [4.78, 5) is 11.2. The molecule has 2 N–H and O–H groups in total. The maximum absolute atomic E-state index is 11.2. The van der Waals surface area contributed by atoms with Gasteiger partial charge in [0, 0.05) is 20.2 Å². The molecule has 0 rings (SSSR count). The van der Waals surface area contributed by atoms with E-state index < -0.39 is 0 Å². The highest BCUT2D eigenvalue weighted by Crippen LogP contribution is 1.90. The van der Waals surface area contributed by atoms with Gasteiger partial charge in [-0.1, -0.05) is 19.8 Å². The first-order valence-electron chi connectivity index (χ1n) is 5.27. The van der Waals surface area contributed by atoms with Gasteiger partial charge in [0.05, 0.1) is 13.2 Å². The molecule has 0 aromatic carbocycles. The number of methoxy groups -OCH3 is 1. The van der Waals surface area contributed by atoms with Gasteiger partial charge in [0.25, 0.3) is 0 Å². The summed E-state index contributed by atoms with van der Waals surface area (Å²) in [5, 5.41) is 5.84. The molecule has 14 heavy (non-hydrogen) atoms. The van der Waals surface area contributed by atoms with Crippen molar-refractivity contribution >= 4 is 5.91 Å². The van der Waals surface area contributed by atoms with Crippen molar-refractivity contribution < 1.29 is 9.53 Å². The molecule has 0 bridgehead atoms. The fourth-order valence-electron chi connectivity index (χ4n) is 1.04. The number of unbranched alkanes of at least 4 members (excludes halogenated alkanes) is 2. The Morgan fingerprint density at radius 3 is 2.71 bits per heavy atom. The summed E-state index contributed by atoms with van der Waals surface area (Å²) in [7, 11) is 1.65. The molecule has 0 aliphatic heterocycles. The molecule has 0 aliphatic rings. The minimum atomic E-state index is 0.0669. The summed E-state index contributed by atoms with van der Waals surface area (Å²) in [5.41, 5.74) is 0. The smallest absolute Gasteiger partial charge is 0.233 e. The van der Waals surface area contributed by atoms with E-state index in [0.717, 1.165) is 19.5 Å². The molecule has 0 unspecified atom stereocenters. The minimum Gasteiger partial charge on any atom is -0.383 e. The highest BCUT2D eigenvalue weighted by Gasteiger charge is 1.98. The Labute approximate surface area is 86.4 Å². The molecule has 0 saturated carbocycles. The molecule has 0 aliphatic carbocycles. The molecule has 0 spiro atoms. The summed E-state index contributed by atoms with van der Waals surface area (Å²) < 4.78 is 4.84. The zero-order valence-electron chi connectivity index (χ0n) is 9.27. The lowest BCUT2D eigenvalue weighted by atomic mass is 10.2. The van der Waals surface area contributed by atoms with Crippen LogP contribution in [-0.4, -0.2) is 39.3 Å². The van der Waals surface area contributed by atoms with E-state index >= 15 is 0 Å². The molecule has 0 radical (unpaired) electrons. The fourth-order valence-corrected chi connectivity index (χ4v) is 1.04. The molecule has 0 saturated heterocycles. The van der Waals surface area contributed by atoms with E-state index in [9.17, 15) is 4.79 Å². The minimum absolute atomic E-state index is 0.0669. The Hall–Kier alpha value is -0.610. The third kappa shape index (κ3) is 9.48. The van der Waals surface area contributed by atoms with Crippen LogP contribution in [0.2, 0.25) is 0 Å². The zero-order chi connectivity index (χ0) is 10.6. The van der Waals surface area contributed by atoms with Crippen molar-refractivity contribution in [3.8, 4) is 0 Å². The molecule has 0 fully saturated rings. The molecule has 0 atom stereocenters. The summed E-state index contributed by atoms with van der Waals surface area (Å²) >= 11 is 0. The quantitative estimate of drug-likeness (QED) is 0.536. The zero-order valence-corrected chi connectivity index (χ0v) is 9.27. The van der Waals surface area contributed by atoms with E-state index in [2.05, 4.69) is 17.6 Å². The van der Waals surface area contributed by atoms with E-state index in [-0.39, 0.29) is 5.91 Å². The van der Waals surface area contributed by atoms with Crippen molar-refractivity contribution in [3.63, 3.8) is 0 Å². The number of carbonyl (C=O) groups excluding carboxylic acids is 1. The van der Waals surface area contributed by atoms with Crippen LogP contribution in [-0.2, 0) is 9.53 Å². The first-order valence-corrected chi connectivity index (χ1v) is 5.27. The third-order valence-corrected chi connectivity index (χ3v) is 1.87. The number of rotatable bonds is 9. The molecule has 84 valence electrons. The van der Waals surface area contributed by atoms with Crippen molar-refractivity contribution in [2.75, 3.05) is 33.4 Å². The van der Waals surface area contributed by atoms with Gasteiger partial charge in [0.1, 0.15) is 0 Å². The predicted octanol–water partition coefficient (Wildman–Crippen LogP) is 0.529. The average Bonchev–Trinajstić information content (AvgIpc) is 2.19. The van der Waals surface area contributed by atoms with Gasteiger partial charge in [-0.05, 0) is 6.42 Å². The molecular weight excluding hydrogens is 180 g/mol. The Bertz CT molecular complexity index is 126. The second kappa shape index (κ2) is 10.5. The lowest BCUT2D eigenvalue weighted by Crippen LogP contribution is -2.35. The van der Waals surface area contributed by atoms with Crippen molar-refractivity contribution in [2.24, 2.45) is 0 Å². The number of hydrogen-bond donors (Lipinski definition) is 2. The van der Waals surface area contributed by atoms with Gasteiger partial charge < -0.3 is 15.4 Å².